The van der Waals surface area contributed by atoms with Gasteiger partial charge in [-0.05, 0) is 23.8 Å². The minimum Gasteiger partial charge on any atom is -0.495 e. The van der Waals surface area contributed by atoms with Crippen molar-refractivity contribution in [2.45, 2.75) is 6.10 Å². The number of rotatable bonds is 8. The van der Waals surface area contributed by atoms with Crippen LogP contribution in [0.25, 0.3) is 10.4 Å². The lowest BCUT2D eigenvalue weighted by molar-refractivity contribution is 0.0844. The number of carbonyl (C=O) groups excluding carboxylic acids is 1. The highest BCUT2D eigenvalue weighted by Gasteiger charge is 2.19. The molecule has 0 spiro atoms. The zero-order chi connectivity index (χ0) is 20.9. The van der Waals surface area contributed by atoms with Gasteiger partial charge in [0.25, 0.3) is 5.91 Å². The molecule has 3 aromatic rings. The summed E-state index contributed by atoms with van der Waals surface area (Å²) in [5.74, 6) is 2.02. The molecule has 7 nitrogen and oxygen atoms in total. The van der Waals surface area contributed by atoms with E-state index in [9.17, 15) is 9.90 Å². The summed E-state index contributed by atoms with van der Waals surface area (Å²) in [6.45, 7) is 0.257. The van der Waals surface area contributed by atoms with E-state index >= 15 is 0 Å². The Morgan fingerprint density at radius 2 is 1.97 bits per heavy atom. The molecule has 0 bridgehead atoms. The first-order valence-corrected chi connectivity index (χ1v) is 10.2. The van der Waals surface area contributed by atoms with Crippen molar-refractivity contribution in [2.24, 2.45) is 0 Å². The van der Waals surface area contributed by atoms with Crippen LogP contribution >= 0.6 is 11.3 Å². The normalized spacial score (nSPS) is 13.0. The number of nitrogens with one attached hydrogen (secondary N) is 1. The Labute approximate surface area is 177 Å². The monoisotopic (exact) mass is 427 g/mol. The summed E-state index contributed by atoms with van der Waals surface area (Å²) in [5, 5.41) is 12.9. The van der Waals surface area contributed by atoms with Crippen LogP contribution in [0.5, 0.6) is 23.0 Å². The first-order valence-electron chi connectivity index (χ1n) is 9.36. The molecule has 0 saturated heterocycles. The molecule has 2 N–H and O–H groups in total. The van der Waals surface area contributed by atoms with Gasteiger partial charge in [-0.3, -0.25) is 4.79 Å². The number of aliphatic hydroxyl groups is 1. The van der Waals surface area contributed by atoms with Crippen molar-refractivity contribution in [3.63, 3.8) is 0 Å². The van der Waals surface area contributed by atoms with Crippen LogP contribution in [0.3, 0.4) is 0 Å². The van der Waals surface area contributed by atoms with Crippen molar-refractivity contribution in [1.29, 1.82) is 0 Å². The Morgan fingerprint density at radius 3 is 2.77 bits per heavy atom. The SMILES string of the molecule is COc1cc(-c2ccccc2)sc1C(=O)NCC(O)COc1ccc2c(c1)OCO2. The molecule has 156 valence electrons. The molecule has 2 heterocycles. The van der Waals surface area contributed by atoms with Crippen LogP contribution in [0, 0.1) is 0 Å². The molecule has 0 saturated carbocycles. The number of aliphatic hydroxyl groups excluding tert-OH is 1. The highest BCUT2D eigenvalue weighted by molar-refractivity contribution is 7.17. The highest BCUT2D eigenvalue weighted by Crippen LogP contribution is 2.36. The third kappa shape index (κ3) is 4.50. The lowest BCUT2D eigenvalue weighted by Crippen LogP contribution is -2.35. The number of thiophene rings is 1. The Balaban J connectivity index is 1.32. The zero-order valence-electron chi connectivity index (χ0n) is 16.3. The predicted molar refractivity (Wildman–Crippen MR) is 113 cm³/mol. The van der Waals surface area contributed by atoms with E-state index in [4.69, 9.17) is 18.9 Å². The summed E-state index contributed by atoms with van der Waals surface area (Å²) in [4.78, 5) is 14.0. The van der Waals surface area contributed by atoms with Gasteiger partial charge in [0.2, 0.25) is 6.79 Å². The maximum absolute atomic E-state index is 12.6. The number of methoxy groups -OCH3 is 1. The third-order valence-corrected chi connectivity index (χ3v) is 5.63. The Kier molecular flexibility index (Phi) is 6.06. The summed E-state index contributed by atoms with van der Waals surface area (Å²) < 4.78 is 21.5. The Morgan fingerprint density at radius 1 is 1.17 bits per heavy atom. The lowest BCUT2D eigenvalue weighted by atomic mass is 10.2. The average Bonchev–Trinajstić information content (AvgIpc) is 3.43. The maximum Gasteiger partial charge on any atom is 0.265 e. The predicted octanol–water partition coefficient (Wildman–Crippen LogP) is 3.32. The van der Waals surface area contributed by atoms with Crippen molar-refractivity contribution < 1.29 is 28.8 Å². The number of amides is 1. The lowest BCUT2D eigenvalue weighted by Gasteiger charge is -2.13. The average molecular weight is 427 g/mol. The van der Waals surface area contributed by atoms with E-state index in [-0.39, 0.29) is 25.9 Å². The van der Waals surface area contributed by atoms with Gasteiger partial charge in [0.1, 0.15) is 29.1 Å². The van der Waals surface area contributed by atoms with Gasteiger partial charge in [-0.25, -0.2) is 0 Å². The number of benzene rings is 2. The molecule has 0 fully saturated rings. The van der Waals surface area contributed by atoms with Crippen LogP contribution in [-0.2, 0) is 0 Å². The second-order valence-electron chi connectivity index (χ2n) is 6.56. The van der Waals surface area contributed by atoms with Gasteiger partial charge in [-0.1, -0.05) is 30.3 Å². The second-order valence-corrected chi connectivity index (χ2v) is 7.62. The van der Waals surface area contributed by atoms with E-state index in [1.54, 1.807) is 18.2 Å². The number of hydrogen-bond donors (Lipinski definition) is 2. The first kappa shape index (κ1) is 20.1. The summed E-state index contributed by atoms with van der Waals surface area (Å²) in [7, 11) is 1.53. The van der Waals surface area contributed by atoms with Gasteiger partial charge in [-0.2, -0.15) is 0 Å². The molecular formula is C22H21NO6S. The van der Waals surface area contributed by atoms with Crippen molar-refractivity contribution in [1.82, 2.24) is 5.32 Å². The van der Waals surface area contributed by atoms with E-state index in [0.29, 0.717) is 27.9 Å². The smallest absolute Gasteiger partial charge is 0.265 e. The van der Waals surface area contributed by atoms with Crippen LogP contribution in [0.15, 0.2) is 54.6 Å². The Hall–Kier alpha value is -3.23. The molecule has 0 aliphatic carbocycles. The molecule has 1 aliphatic heterocycles. The van der Waals surface area contributed by atoms with Gasteiger partial charge in [-0.15, -0.1) is 11.3 Å². The van der Waals surface area contributed by atoms with Gasteiger partial charge >= 0.3 is 0 Å². The number of hydrogen-bond acceptors (Lipinski definition) is 7. The fraction of sp³-hybridized carbons (Fsp3) is 0.227. The minimum absolute atomic E-state index is 0.0246. The van der Waals surface area contributed by atoms with Crippen molar-refractivity contribution in [3.8, 4) is 33.4 Å². The molecule has 4 rings (SSSR count). The van der Waals surface area contributed by atoms with Gasteiger partial charge in [0, 0.05) is 17.5 Å². The van der Waals surface area contributed by atoms with E-state index in [2.05, 4.69) is 5.32 Å². The molecule has 8 heteroatoms. The summed E-state index contributed by atoms with van der Waals surface area (Å²) in [6, 6.07) is 16.8. The van der Waals surface area contributed by atoms with Gasteiger partial charge in [0.05, 0.1) is 7.11 Å². The molecule has 30 heavy (non-hydrogen) atoms. The highest BCUT2D eigenvalue weighted by atomic mass is 32.1. The first-order chi connectivity index (χ1) is 14.6. The fourth-order valence-corrected chi connectivity index (χ4v) is 3.99. The quantitative estimate of drug-likeness (QED) is 0.574. The molecule has 2 aromatic carbocycles. The summed E-state index contributed by atoms with van der Waals surface area (Å²) >= 11 is 1.34. The number of fused-ring (bicyclic) bond motifs is 1. The van der Waals surface area contributed by atoms with Crippen LogP contribution in [0.2, 0.25) is 0 Å². The Bertz CT molecular complexity index is 1020. The van der Waals surface area contributed by atoms with E-state index < -0.39 is 6.10 Å². The molecule has 1 atom stereocenters. The third-order valence-electron chi connectivity index (χ3n) is 4.47. The molecule has 1 aromatic heterocycles. The molecule has 1 aliphatic rings. The second kappa shape index (κ2) is 9.06. The largest absolute Gasteiger partial charge is 0.495 e. The van der Waals surface area contributed by atoms with Crippen LogP contribution in [0.1, 0.15) is 9.67 Å². The molecule has 0 radical (unpaired) electrons. The van der Waals surface area contributed by atoms with Gasteiger partial charge < -0.3 is 29.4 Å². The van der Waals surface area contributed by atoms with E-state index in [0.717, 1.165) is 10.4 Å². The standard InChI is InChI=1S/C22H21NO6S/c1-26-19-10-20(14-5-3-2-4-6-14)30-21(19)22(25)23-11-15(24)12-27-16-7-8-17-18(9-16)29-13-28-17/h2-10,15,24H,11-13H2,1H3,(H,23,25). The molecular weight excluding hydrogens is 406 g/mol. The van der Waals surface area contributed by atoms with Crippen LogP contribution in [0.4, 0.5) is 0 Å². The van der Waals surface area contributed by atoms with E-state index in [1.165, 1.54) is 18.4 Å². The van der Waals surface area contributed by atoms with E-state index in [1.807, 2.05) is 36.4 Å². The van der Waals surface area contributed by atoms with Crippen molar-refractivity contribution >= 4 is 17.2 Å². The summed E-state index contributed by atoms with van der Waals surface area (Å²) in [5.41, 5.74) is 1.01. The number of carbonyl (C=O) groups is 1. The zero-order valence-corrected chi connectivity index (χ0v) is 17.1. The fourth-order valence-electron chi connectivity index (χ4n) is 2.94. The minimum atomic E-state index is -0.876. The maximum atomic E-state index is 12.6. The number of ether oxygens (including phenoxy) is 4. The summed E-state index contributed by atoms with van der Waals surface area (Å²) in [6.07, 6.45) is -0.876. The van der Waals surface area contributed by atoms with Crippen LogP contribution in [-0.4, -0.2) is 44.2 Å². The molecule has 1 amide bonds. The van der Waals surface area contributed by atoms with Crippen molar-refractivity contribution in [2.75, 3.05) is 27.1 Å². The topological polar surface area (TPSA) is 86.3 Å². The van der Waals surface area contributed by atoms with Crippen molar-refractivity contribution in [3.05, 3.63) is 59.5 Å². The van der Waals surface area contributed by atoms with Crippen LogP contribution < -0.4 is 24.3 Å². The van der Waals surface area contributed by atoms with Gasteiger partial charge in [0.15, 0.2) is 11.5 Å². The molecule has 1 unspecified atom stereocenters.